The Morgan fingerprint density at radius 1 is 1.57 bits per heavy atom. The predicted molar refractivity (Wildman–Crippen MR) is 78.6 cm³/mol. The smallest absolute Gasteiger partial charge is 0.229 e. The highest BCUT2D eigenvalue weighted by molar-refractivity contribution is 6.30. The van der Waals surface area contributed by atoms with Gasteiger partial charge in [-0.2, -0.15) is 5.26 Å². The van der Waals surface area contributed by atoms with E-state index < -0.39 is 11.5 Å². The number of carbonyl (C=O) groups excluding carboxylic acids is 1. The number of carbonyl (C=O) groups is 1. The van der Waals surface area contributed by atoms with Gasteiger partial charge in [-0.15, -0.1) is 0 Å². The minimum absolute atomic E-state index is 0.0267. The number of ether oxygens (including phenoxy) is 1. The van der Waals surface area contributed by atoms with Crippen LogP contribution in [0.1, 0.15) is 37.8 Å². The first-order chi connectivity index (χ1) is 10.0. The third-order valence-corrected chi connectivity index (χ3v) is 4.81. The number of nitrogens with zero attached hydrogens (tertiary/aromatic N) is 1. The monoisotopic (exact) mass is 304 g/mol. The second kappa shape index (κ2) is 5.32. The van der Waals surface area contributed by atoms with Crippen LogP contribution in [0.5, 0.6) is 0 Å². The topological polar surface area (TPSA) is 62.1 Å². The third kappa shape index (κ3) is 2.52. The maximum absolute atomic E-state index is 12.6. The molecule has 4 atom stereocenters. The molecule has 1 amide bonds. The van der Waals surface area contributed by atoms with Crippen LogP contribution < -0.4 is 5.32 Å². The van der Waals surface area contributed by atoms with Gasteiger partial charge in [-0.3, -0.25) is 4.79 Å². The quantitative estimate of drug-likeness (QED) is 0.934. The summed E-state index contributed by atoms with van der Waals surface area (Å²) in [7, 11) is 0. The predicted octanol–water partition coefficient (Wildman–Crippen LogP) is 2.98. The van der Waals surface area contributed by atoms with Crippen molar-refractivity contribution in [2.24, 2.45) is 5.41 Å². The minimum atomic E-state index is -0.688. The number of hydrogen-bond donors (Lipinski definition) is 1. The first-order valence-electron chi connectivity index (χ1n) is 7.14. The first-order valence-corrected chi connectivity index (χ1v) is 7.52. The van der Waals surface area contributed by atoms with Crippen molar-refractivity contribution in [2.75, 3.05) is 0 Å². The zero-order valence-electron chi connectivity index (χ0n) is 11.8. The lowest BCUT2D eigenvalue weighted by Gasteiger charge is -2.30. The molecular formula is C16H17ClN2O2. The van der Waals surface area contributed by atoms with Gasteiger partial charge in [0.05, 0.1) is 23.7 Å². The van der Waals surface area contributed by atoms with Crippen LogP contribution in [0.25, 0.3) is 0 Å². The number of amides is 1. The molecule has 1 aromatic carbocycles. The summed E-state index contributed by atoms with van der Waals surface area (Å²) in [5.41, 5.74) is 0.169. The van der Waals surface area contributed by atoms with Crippen LogP contribution in [-0.2, 0) is 9.53 Å². The van der Waals surface area contributed by atoms with E-state index >= 15 is 0 Å². The van der Waals surface area contributed by atoms with E-state index in [1.807, 2.05) is 6.92 Å². The molecule has 0 saturated carbocycles. The van der Waals surface area contributed by atoms with E-state index in [9.17, 15) is 10.1 Å². The van der Waals surface area contributed by atoms with Crippen molar-refractivity contribution < 1.29 is 9.53 Å². The van der Waals surface area contributed by atoms with Gasteiger partial charge in [-0.05, 0) is 43.9 Å². The molecule has 2 heterocycles. The molecule has 2 saturated heterocycles. The largest absolute Gasteiger partial charge is 0.374 e. The molecule has 2 aliphatic heterocycles. The minimum Gasteiger partial charge on any atom is -0.374 e. The zero-order valence-corrected chi connectivity index (χ0v) is 12.6. The second-order valence-corrected chi connectivity index (χ2v) is 6.47. The average molecular weight is 305 g/mol. The molecule has 0 spiro atoms. The molecular weight excluding hydrogens is 288 g/mol. The number of nitriles is 1. The van der Waals surface area contributed by atoms with Crippen molar-refractivity contribution >= 4 is 17.5 Å². The van der Waals surface area contributed by atoms with E-state index in [2.05, 4.69) is 11.4 Å². The summed E-state index contributed by atoms with van der Waals surface area (Å²) in [6.07, 6.45) is 2.85. The lowest BCUT2D eigenvalue weighted by Crippen LogP contribution is -2.46. The van der Waals surface area contributed by atoms with Crippen molar-refractivity contribution in [1.29, 1.82) is 5.26 Å². The summed E-state index contributed by atoms with van der Waals surface area (Å²) in [4.78, 5) is 12.6. The molecule has 4 nitrogen and oxygen atoms in total. The normalized spacial score (nSPS) is 31.7. The van der Waals surface area contributed by atoms with Gasteiger partial charge in [0.1, 0.15) is 6.04 Å². The van der Waals surface area contributed by atoms with Gasteiger partial charge in [0.25, 0.3) is 0 Å². The summed E-state index contributed by atoms with van der Waals surface area (Å²) in [6.45, 7) is 1.93. The molecule has 0 aromatic heterocycles. The van der Waals surface area contributed by atoms with Gasteiger partial charge in [0.15, 0.2) is 0 Å². The fourth-order valence-corrected chi connectivity index (χ4v) is 3.54. The first kappa shape index (κ1) is 14.4. The number of halogens is 1. The number of fused-ring (bicyclic) bond motifs is 2. The summed E-state index contributed by atoms with van der Waals surface area (Å²) < 4.78 is 5.78. The van der Waals surface area contributed by atoms with Crippen LogP contribution in [0.3, 0.4) is 0 Å². The van der Waals surface area contributed by atoms with E-state index in [1.54, 1.807) is 24.3 Å². The molecule has 110 valence electrons. The SMILES string of the molecule is C[C@@]1(C(=O)N[C@@H](C#N)c2cccc(Cl)c2)C[C@H]2CC[C@H]1O2. The average Bonchev–Trinajstić information content (AvgIpc) is 3.05. The molecule has 0 aliphatic carbocycles. The molecule has 2 aliphatic rings. The van der Waals surface area contributed by atoms with Crippen molar-refractivity contribution in [3.63, 3.8) is 0 Å². The number of benzene rings is 1. The van der Waals surface area contributed by atoms with Crippen LogP contribution in [0.15, 0.2) is 24.3 Å². The van der Waals surface area contributed by atoms with Crippen LogP contribution in [0.2, 0.25) is 5.02 Å². The van der Waals surface area contributed by atoms with Gasteiger partial charge >= 0.3 is 0 Å². The van der Waals surface area contributed by atoms with E-state index in [4.69, 9.17) is 16.3 Å². The summed E-state index contributed by atoms with van der Waals surface area (Å²) >= 11 is 5.95. The van der Waals surface area contributed by atoms with Gasteiger partial charge in [-0.25, -0.2) is 0 Å². The zero-order chi connectivity index (χ0) is 15.0. The van der Waals surface area contributed by atoms with Crippen molar-refractivity contribution in [3.8, 4) is 6.07 Å². The van der Waals surface area contributed by atoms with Crippen LogP contribution >= 0.6 is 11.6 Å². The molecule has 2 bridgehead atoms. The Bertz CT molecular complexity index is 613. The van der Waals surface area contributed by atoms with Crippen molar-refractivity contribution in [1.82, 2.24) is 5.32 Å². The highest BCUT2D eigenvalue weighted by Crippen LogP contribution is 2.47. The second-order valence-electron chi connectivity index (χ2n) is 6.04. The summed E-state index contributed by atoms with van der Waals surface area (Å²) in [6, 6.07) is 8.45. The van der Waals surface area contributed by atoms with Crippen molar-refractivity contribution in [2.45, 2.75) is 44.4 Å². The maximum atomic E-state index is 12.6. The third-order valence-electron chi connectivity index (χ3n) is 4.58. The van der Waals surface area contributed by atoms with Gasteiger partial charge < -0.3 is 10.1 Å². The van der Waals surface area contributed by atoms with E-state index in [1.165, 1.54) is 0 Å². The Hall–Kier alpha value is -1.57. The fourth-order valence-electron chi connectivity index (χ4n) is 3.34. The molecule has 1 N–H and O–H groups in total. The molecule has 0 radical (unpaired) electrons. The maximum Gasteiger partial charge on any atom is 0.229 e. The van der Waals surface area contributed by atoms with E-state index in [-0.39, 0.29) is 18.1 Å². The number of rotatable bonds is 3. The summed E-state index contributed by atoms with van der Waals surface area (Å²) in [5.74, 6) is -0.110. The molecule has 21 heavy (non-hydrogen) atoms. The highest BCUT2D eigenvalue weighted by atomic mass is 35.5. The Labute approximate surface area is 129 Å². The van der Waals surface area contributed by atoms with Crippen LogP contribution in [0, 0.1) is 16.7 Å². The molecule has 5 heteroatoms. The lowest BCUT2D eigenvalue weighted by molar-refractivity contribution is -0.133. The molecule has 3 rings (SSSR count). The Morgan fingerprint density at radius 2 is 2.38 bits per heavy atom. The fraction of sp³-hybridized carbons (Fsp3) is 0.500. The van der Waals surface area contributed by atoms with Gasteiger partial charge in [-0.1, -0.05) is 23.7 Å². The van der Waals surface area contributed by atoms with E-state index in [0.29, 0.717) is 10.6 Å². The van der Waals surface area contributed by atoms with Crippen LogP contribution in [0.4, 0.5) is 0 Å². The number of hydrogen-bond acceptors (Lipinski definition) is 3. The molecule has 0 unspecified atom stereocenters. The van der Waals surface area contributed by atoms with Crippen LogP contribution in [-0.4, -0.2) is 18.1 Å². The number of nitrogens with one attached hydrogen (secondary N) is 1. The molecule has 1 aromatic rings. The summed E-state index contributed by atoms with van der Waals surface area (Å²) in [5, 5.41) is 12.7. The van der Waals surface area contributed by atoms with Gasteiger partial charge in [0.2, 0.25) is 5.91 Å². The van der Waals surface area contributed by atoms with Crippen molar-refractivity contribution in [3.05, 3.63) is 34.9 Å². The Kier molecular flexibility index (Phi) is 3.64. The Morgan fingerprint density at radius 3 is 2.95 bits per heavy atom. The molecule has 2 fully saturated rings. The lowest BCUT2D eigenvalue weighted by atomic mass is 9.74. The standard InChI is InChI=1S/C16H17ClN2O2/c1-16(8-12-5-6-14(16)21-12)15(20)19-13(9-18)10-3-2-4-11(17)7-10/h2-4,7,12-14H,5-6,8H2,1H3,(H,19,20)/t12-,13+,14-,16-/m1/s1. The highest BCUT2D eigenvalue weighted by Gasteiger charge is 2.54. The van der Waals surface area contributed by atoms with Gasteiger partial charge in [0, 0.05) is 5.02 Å². The van der Waals surface area contributed by atoms with E-state index in [0.717, 1.165) is 19.3 Å². The Balaban J connectivity index is 1.76.